The van der Waals surface area contributed by atoms with E-state index >= 15 is 0 Å². The first-order valence-corrected chi connectivity index (χ1v) is 12.9. The van der Waals surface area contributed by atoms with Gasteiger partial charge in [0.15, 0.2) is 6.20 Å². The molecule has 192 valence electrons. The van der Waals surface area contributed by atoms with Crippen LogP contribution in [0, 0.1) is 0 Å². The quantitative estimate of drug-likeness (QED) is 0.244. The lowest BCUT2D eigenvalue weighted by molar-refractivity contribution is -0.671. The molecular weight excluding hydrogens is 478 g/mol. The molecule has 5 rings (SSSR count). The number of para-hydroxylation sites is 2. The van der Waals surface area contributed by atoms with Crippen LogP contribution in [0.15, 0.2) is 84.7 Å². The van der Waals surface area contributed by atoms with Crippen molar-refractivity contribution in [2.24, 2.45) is 0 Å². The van der Waals surface area contributed by atoms with E-state index in [4.69, 9.17) is 4.84 Å². The number of aryl methyl sites for hydroxylation is 1. The molecule has 0 spiro atoms. The molecule has 0 unspecified atom stereocenters. The van der Waals surface area contributed by atoms with E-state index in [-0.39, 0.29) is 19.3 Å². The Kier molecular flexibility index (Phi) is 7.45. The van der Waals surface area contributed by atoms with Gasteiger partial charge >= 0.3 is 5.97 Å². The number of benzene rings is 2. The zero-order valence-corrected chi connectivity index (χ0v) is 21.4. The van der Waals surface area contributed by atoms with Gasteiger partial charge < -0.3 is 9.74 Å². The van der Waals surface area contributed by atoms with Crippen LogP contribution in [0.2, 0.25) is 0 Å². The third kappa shape index (κ3) is 5.42. The summed E-state index contributed by atoms with van der Waals surface area (Å²) in [4.78, 5) is 42.4. The molecule has 2 aromatic carbocycles. The highest BCUT2D eigenvalue weighted by Crippen LogP contribution is 2.29. The number of likely N-dealkylation sites (N-methyl/N-ethyl adjacent to an activating group) is 1. The highest BCUT2D eigenvalue weighted by atomic mass is 16.7. The molecule has 2 aliphatic heterocycles. The Morgan fingerprint density at radius 1 is 0.974 bits per heavy atom. The Morgan fingerprint density at radius 2 is 1.74 bits per heavy atom. The van der Waals surface area contributed by atoms with Gasteiger partial charge in [-0.05, 0) is 41.8 Å². The summed E-state index contributed by atoms with van der Waals surface area (Å²) in [6.07, 6.45) is 14.4. The number of hydrogen-bond donors (Lipinski definition) is 0. The van der Waals surface area contributed by atoms with E-state index in [0.29, 0.717) is 11.5 Å². The van der Waals surface area contributed by atoms with Crippen LogP contribution in [-0.2, 0) is 25.8 Å². The molecule has 0 bridgehead atoms. The topological polar surface area (TPSA) is 70.8 Å². The van der Waals surface area contributed by atoms with E-state index < -0.39 is 17.8 Å². The molecule has 38 heavy (non-hydrogen) atoms. The van der Waals surface area contributed by atoms with Crippen molar-refractivity contribution in [2.75, 3.05) is 11.9 Å². The van der Waals surface area contributed by atoms with E-state index in [1.165, 1.54) is 11.3 Å². The van der Waals surface area contributed by atoms with Gasteiger partial charge in [-0.3, -0.25) is 9.59 Å². The molecule has 0 atom stereocenters. The van der Waals surface area contributed by atoms with Gasteiger partial charge in [0.1, 0.15) is 6.54 Å². The zero-order chi connectivity index (χ0) is 26.5. The zero-order valence-electron chi connectivity index (χ0n) is 21.4. The molecule has 2 aliphatic rings. The van der Waals surface area contributed by atoms with Crippen LogP contribution in [0.25, 0.3) is 23.1 Å². The fourth-order valence-electron chi connectivity index (χ4n) is 4.78. The number of allylic oxidation sites excluding steroid dienone is 3. The van der Waals surface area contributed by atoms with Crippen molar-refractivity contribution in [2.45, 2.75) is 38.6 Å². The highest BCUT2D eigenvalue weighted by Gasteiger charge is 2.32. The smallest absolute Gasteiger partial charge is 0.333 e. The van der Waals surface area contributed by atoms with E-state index in [1.54, 1.807) is 0 Å². The van der Waals surface area contributed by atoms with E-state index in [1.807, 2.05) is 18.2 Å². The summed E-state index contributed by atoms with van der Waals surface area (Å²) >= 11 is 0. The van der Waals surface area contributed by atoms with Gasteiger partial charge in [0.05, 0.1) is 5.39 Å². The van der Waals surface area contributed by atoms with Gasteiger partial charge in [-0.25, -0.2) is 4.79 Å². The van der Waals surface area contributed by atoms with Gasteiger partial charge in [0.2, 0.25) is 5.52 Å². The number of pyridine rings is 1. The number of carbonyl (C=O) groups is 3. The second kappa shape index (κ2) is 11.3. The average molecular weight is 509 g/mol. The molecule has 0 aliphatic carbocycles. The minimum absolute atomic E-state index is 0.0983. The van der Waals surface area contributed by atoms with E-state index in [2.05, 4.69) is 89.5 Å². The second-order valence-electron chi connectivity index (χ2n) is 9.39. The SMILES string of the molecule is CN1/C(=C/C=C/c2cc[n+](CCCCC(=O)ON3C(=O)CCC3=O)c3ccccc23)C=Cc2ccccc21. The van der Waals surface area contributed by atoms with Crippen LogP contribution in [-0.4, -0.2) is 29.9 Å². The molecule has 0 radical (unpaired) electrons. The summed E-state index contributed by atoms with van der Waals surface area (Å²) in [6, 6.07) is 18.7. The van der Waals surface area contributed by atoms with Crippen LogP contribution in [0.5, 0.6) is 0 Å². The summed E-state index contributed by atoms with van der Waals surface area (Å²) in [5.74, 6) is -1.47. The maximum atomic E-state index is 12.1. The van der Waals surface area contributed by atoms with E-state index in [9.17, 15) is 14.4 Å². The van der Waals surface area contributed by atoms with Gasteiger partial charge in [-0.1, -0.05) is 48.6 Å². The number of nitrogens with zero attached hydrogens (tertiary/aromatic N) is 3. The number of unbranched alkanes of at least 4 members (excludes halogenated alkanes) is 1. The molecular formula is C31H30N3O4+. The number of imide groups is 1. The Morgan fingerprint density at radius 3 is 2.58 bits per heavy atom. The molecule has 1 saturated heterocycles. The largest absolute Gasteiger partial charge is 0.344 e. The number of carbonyl (C=O) groups excluding carboxylic acids is 3. The van der Waals surface area contributed by atoms with Crippen LogP contribution in [0.4, 0.5) is 5.69 Å². The van der Waals surface area contributed by atoms with Crippen LogP contribution in [0.1, 0.15) is 43.2 Å². The fraction of sp³-hybridized carbons (Fsp3) is 0.226. The molecule has 3 aromatic rings. The second-order valence-corrected chi connectivity index (χ2v) is 9.39. The molecule has 7 heteroatoms. The predicted molar refractivity (Wildman–Crippen MR) is 146 cm³/mol. The number of hydroxylamine groups is 2. The Hall–Kier alpha value is -4.52. The number of hydrogen-bond acceptors (Lipinski definition) is 5. The predicted octanol–water partition coefficient (Wildman–Crippen LogP) is 4.97. The van der Waals surface area contributed by atoms with Crippen molar-refractivity contribution in [3.8, 4) is 0 Å². The Bertz CT molecular complexity index is 1470. The van der Waals surface area contributed by atoms with Crippen LogP contribution >= 0.6 is 0 Å². The minimum Gasteiger partial charge on any atom is -0.344 e. The van der Waals surface area contributed by atoms with E-state index in [0.717, 1.165) is 35.1 Å². The molecule has 2 amide bonds. The summed E-state index contributed by atoms with van der Waals surface area (Å²) in [5.41, 5.74) is 5.75. The summed E-state index contributed by atoms with van der Waals surface area (Å²) in [5, 5.41) is 1.75. The number of rotatable bonds is 8. The van der Waals surface area contributed by atoms with Gasteiger partial charge in [0.25, 0.3) is 11.8 Å². The van der Waals surface area contributed by atoms with Crippen LogP contribution < -0.4 is 9.47 Å². The average Bonchev–Trinajstić information content (AvgIpc) is 3.25. The first-order chi connectivity index (χ1) is 18.5. The monoisotopic (exact) mass is 508 g/mol. The number of aromatic nitrogens is 1. The first kappa shape index (κ1) is 25.1. The Balaban J connectivity index is 1.21. The molecule has 0 N–H and O–H groups in total. The lowest BCUT2D eigenvalue weighted by atomic mass is 10.1. The third-order valence-electron chi connectivity index (χ3n) is 6.85. The molecule has 3 heterocycles. The molecule has 7 nitrogen and oxygen atoms in total. The fourth-order valence-corrected chi connectivity index (χ4v) is 4.78. The number of fused-ring (bicyclic) bond motifs is 2. The van der Waals surface area contributed by atoms with Crippen molar-refractivity contribution >= 4 is 46.5 Å². The standard InChI is InChI=1S/C31H30N3O4/c1-32-25(17-16-24-9-2-4-13-27(24)32)11-8-10-23-20-22-33(28-14-5-3-12-26(23)28)21-7-6-15-31(37)38-34-29(35)18-19-30(34)36/h2-5,8-14,16-17,20,22H,6-7,15,18-19,21H2,1H3/q+1. The van der Waals surface area contributed by atoms with Crippen LogP contribution in [0.3, 0.4) is 0 Å². The van der Waals surface area contributed by atoms with Gasteiger partial charge in [-0.15, -0.1) is 5.06 Å². The van der Waals surface area contributed by atoms with Gasteiger partial charge in [-0.2, -0.15) is 4.57 Å². The molecule has 0 saturated carbocycles. The van der Waals surface area contributed by atoms with Crippen molar-refractivity contribution in [3.05, 3.63) is 95.8 Å². The van der Waals surface area contributed by atoms with Crippen molar-refractivity contribution in [3.63, 3.8) is 0 Å². The summed E-state index contributed by atoms with van der Waals surface area (Å²) in [7, 11) is 2.08. The number of anilines is 1. The molecule has 1 aromatic heterocycles. The lowest BCUT2D eigenvalue weighted by Gasteiger charge is -2.26. The lowest BCUT2D eigenvalue weighted by Crippen LogP contribution is -2.34. The summed E-state index contributed by atoms with van der Waals surface area (Å²) in [6.45, 7) is 0.735. The third-order valence-corrected chi connectivity index (χ3v) is 6.85. The highest BCUT2D eigenvalue weighted by molar-refractivity contribution is 6.01. The normalized spacial score (nSPS) is 16.2. The minimum atomic E-state index is -0.556. The van der Waals surface area contributed by atoms with Gasteiger partial charge in [0, 0.05) is 56.2 Å². The molecule has 1 fully saturated rings. The summed E-state index contributed by atoms with van der Waals surface area (Å²) < 4.78 is 2.18. The number of amides is 2. The first-order valence-electron chi connectivity index (χ1n) is 12.9. The van der Waals surface area contributed by atoms with Crippen molar-refractivity contribution in [1.29, 1.82) is 0 Å². The maximum absolute atomic E-state index is 12.1. The van der Waals surface area contributed by atoms with Crippen molar-refractivity contribution < 1.29 is 23.8 Å². The maximum Gasteiger partial charge on any atom is 0.333 e. The Labute approximate surface area is 221 Å². The van der Waals surface area contributed by atoms with Crippen molar-refractivity contribution in [1.82, 2.24) is 5.06 Å².